The second kappa shape index (κ2) is 7.77. The number of rotatable bonds is 5. The van der Waals surface area contributed by atoms with Gasteiger partial charge in [-0.1, -0.05) is 17.7 Å². The van der Waals surface area contributed by atoms with Crippen LogP contribution in [0.2, 0.25) is 5.02 Å². The molecule has 5 nitrogen and oxygen atoms in total. The van der Waals surface area contributed by atoms with Crippen LogP contribution in [0.4, 0.5) is 11.4 Å². The summed E-state index contributed by atoms with van der Waals surface area (Å²) >= 11 is 5.97. The number of benzene rings is 1. The largest absolute Gasteiger partial charge is 0.354 e. The first-order valence-corrected chi connectivity index (χ1v) is 8.16. The van der Waals surface area contributed by atoms with Crippen molar-refractivity contribution in [1.82, 2.24) is 15.3 Å². The molecule has 0 saturated carbocycles. The number of aryl methyl sites for hydroxylation is 1. The lowest BCUT2D eigenvalue weighted by atomic mass is 10.2. The number of carbonyl (C=O) groups is 1. The molecule has 0 radical (unpaired) electrons. The van der Waals surface area contributed by atoms with E-state index in [0.29, 0.717) is 17.1 Å². The molecule has 2 aromatic heterocycles. The summed E-state index contributed by atoms with van der Waals surface area (Å²) in [5, 5.41) is 6.78. The molecular formula is C19H17ClN4O. The van der Waals surface area contributed by atoms with E-state index in [9.17, 15) is 4.79 Å². The summed E-state index contributed by atoms with van der Waals surface area (Å²) in [6, 6.07) is 12.9. The zero-order chi connectivity index (χ0) is 17.6. The van der Waals surface area contributed by atoms with Crippen molar-refractivity contribution in [1.29, 1.82) is 0 Å². The first kappa shape index (κ1) is 16.9. The number of hydrogen-bond donors (Lipinski definition) is 2. The van der Waals surface area contributed by atoms with E-state index < -0.39 is 0 Å². The molecule has 25 heavy (non-hydrogen) atoms. The lowest BCUT2D eigenvalue weighted by Gasteiger charge is -2.11. The third-order valence-corrected chi connectivity index (χ3v) is 3.86. The predicted octanol–water partition coefficient (Wildman–Crippen LogP) is 4.11. The Bertz CT molecular complexity index is 884. The fourth-order valence-corrected chi connectivity index (χ4v) is 2.56. The second-order valence-corrected chi connectivity index (χ2v) is 5.99. The Hall–Kier alpha value is -2.92. The van der Waals surface area contributed by atoms with Gasteiger partial charge in [-0.2, -0.15) is 0 Å². The van der Waals surface area contributed by atoms with Crippen molar-refractivity contribution in [3.05, 3.63) is 82.9 Å². The minimum atomic E-state index is -0.199. The summed E-state index contributed by atoms with van der Waals surface area (Å²) in [7, 11) is 0. The minimum Gasteiger partial charge on any atom is -0.354 e. The zero-order valence-corrected chi connectivity index (χ0v) is 14.4. The molecule has 0 saturated heterocycles. The zero-order valence-electron chi connectivity index (χ0n) is 13.7. The van der Waals surface area contributed by atoms with Crippen LogP contribution in [0.25, 0.3) is 0 Å². The SMILES string of the molecule is Cc1cc(Cl)ccc1Nc1cncc(C(=O)NCc2ccccn2)c1. The molecule has 0 aliphatic carbocycles. The average molecular weight is 353 g/mol. The molecule has 6 heteroatoms. The molecule has 1 amide bonds. The Morgan fingerprint density at radius 3 is 2.80 bits per heavy atom. The third kappa shape index (κ3) is 4.55. The molecule has 0 spiro atoms. The Kier molecular flexibility index (Phi) is 5.26. The van der Waals surface area contributed by atoms with Gasteiger partial charge in [0.25, 0.3) is 5.91 Å². The molecular weight excluding hydrogens is 336 g/mol. The summed E-state index contributed by atoms with van der Waals surface area (Å²) in [4.78, 5) is 20.6. The quantitative estimate of drug-likeness (QED) is 0.725. The van der Waals surface area contributed by atoms with Crippen molar-refractivity contribution in [2.24, 2.45) is 0 Å². The van der Waals surface area contributed by atoms with Gasteiger partial charge in [0.1, 0.15) is 0 Å². The van der Waals surface area contributed by atoms with Crippen LogP contribution in [0.1, 0.15) is 21.6 Å². The number of nitrogens with one attached hydrogen (secondary N) is 2. The maximum Gasteiger partial charge on any atom is 0.253 e. The number of amides is 1. The minimum absolute atomic E-state index is 0.199. The van der Waals surface area contributed by atoms with E-state index in [2.05, 4.69) is 20.6 Å². The summed E-state index contributed by atoms with van der Waals surface area (Å²) < 4.78 is 0. The number of carbonyl (C=O) groups excluding carboxylic acids is 1. The summed E-state index contributed by atoms with van der Waals surface area (Å²) in [5.74, 6) is -0.199. The van der Waals surface area contributed by atoms with Crippen molar-refractivity contribution in [3.63, 3.8) is 0 Å². The molecule has 0 bridgehead atoms. The van der Waals surface area contributed by atoms with Crippen molar-refractivity contribution in [2.45, 2.75) is 13.5 Å². The maximum atomic E-state index is 12.3. The van der Waals surface area contributed by atoms with Crippen LogP contribution in [-0.2, 0) is 6.54 Å². The molecule has 126 valence electrons. The van der Waals surface area contributed by atoms with Gasteiger partial charge in [-0.25, -0.2) is 0 Å². The van der Waals surface area contributed by atoms with Gasteiger partial charge in [-0.05, 0) is 48.9 Å². The molecule has 0 unspecified atom stereocenters. The van der Waals surface area contributed by atoms with E-state index >= 15 is 0 Å². The molecule has 3 aromatic rings. The van der Waals surface area contributed by atoms with E-state index in [1.54, 1.807) is 18.5 Å². The van der Waals surface area contributed by atoms with Gasteiger partial charge in [0, 0.05) is 23.1 Å². The Balaban J connectivity index is 1.69. The van der Waals surface area contributed by atoms with Gasteiger partial charge in [0.05, 0.1) is 29.7 Å². The number of pyridine rings is 2. The van der Waals surface area contributed by atoms with Crippen LogP contribution in [0, 0.1) is 6.92 Å². The van der Waals surface area contributed by atoms with Crippen molar-refractivity contribution in [3.8, 4) is 0 Å². The van der Waals surface area contributed by atoms with Gasteiger partial charge in [0.2, 0.25) is 0 Å². The standard InChI is InChI=1S/C19H17ClN4O/c1-13-8-15(20)5-6-18(13)24-17-9-14(10-21-11-17)19(25)23-12-16-4-2-3-7-22-16/h2-11,24H,12H2,1H3,(H,23,25). The van der Waals surface area contributed by atoms with Crippen LogP contribution in [0.5, 0.6) is 0 Å². The summed E-state index contributed by atoms with van der Waals surface area (Å²) in [5.41, 5.74) is 3.94. The van der Waals surface area contributed by atoms with Gasteiger partial charge in [-0.15, -0.1) is 0 Å². The van der Waals surface area contributed by atoms with Crippen molar-refractivity contribution < 1.29 is 4.79 Å². The van der Waals surface area contributed by atoms with Crippen molar-refractivity contribution >= 4 is 28.9 Å². The summed E-state index contributed by atoms with van der Waals surface area (Å²) in [6.07, 6.45) is 4.90. The molecule has 0 atom stereocenters. The van der Waals surface area contributed by atoms with Gasteiger partial charge in [-0.3, -0.25) is 14.8 Å². The Morgan fingerprint density at radius 1 is 1.16 bits per heavy atom. The molecule has 1 aromatic carbocycles. The first-order chi connectivity index (χ1) is 12.1. The number of nitrogens with zero attached hydrogens (tertiary/aromatic N) is 2. The first-order valence-electron chi connectivity index (χ1n) is 7.78. The topological polar surface area (TPSA) is 66.9 Å². The average Bonchev–Trinajstić information content (AvgIpc) is 2.63. The fourth-order valence-electron chi connectivity index (χ4n) is 2.33. The Morgan fingerprint density at radius 2 is 2.04 bits per heavy atom. The van der Waals surface area contributed by atoms with Gasteiger partial charge >= 0.3 is 0 Å². The van der Waals surface area contributed by atoms with E-state index in [0.717, 1.165) is 22.6 Å². The number of anilines is 2. The molecule has 3 rings (SSSR count). The van der Waals surface area contributed by atoms with Crippen LogP contribution in [0.15, 0.2) is 61.1 Å². The Labute approximate surface area is 151 Å². The number of hydrogen-bond acceptors (Lipinski definition) is 4. The lowest BCUT2D eigenvalue weighted by molar-refractivity contribution is 0.0950. The highest BCUT2D eigenvalue weighted by Crippen LogP contribution is 2.23. The molecule has 2 heterocycles. The highest BCUT2D eigenvalue weighted by Gasteiger charge is 2.08. The molecule has 0 fully saturated rings. The normalized spacial score (nSPS) is 10.3. The molecule has 2 N–H and O–H groups in total. The fraction of sp³-hybridized carbons (Fsp3) is 0.105. The van der Waals surface area contributed by atoms with E-state index in [4.69, 9.17) is 11.6 Å². The number of halogens is 1. The predicted molar refractivity (Wildman–Crippen MR) is 99.1 cm³/mol. The van der Waals surface area contributed by atoms with E-state index in [-0.39, 0.29) is 5.91 Å². The van der Waals surface area contributed by atoms with E-state index in [1.807, 2.05) is 43.3 Å². The van der Waals surface area contributed by atoms with Crippen LogP contribution in [-0.4, -0.2) is 15.9 Å². The monoisotopic (exact) mass is 352 g/mol. The maximum absolute atomic E-state index is 12.3. The summed E-state index contributed by atoms with van der Waals surface area (Å²) in [6.45, 7) is 2.33. The van der Waals surface area contributed by atoms with Gasteiger partial charge in [0.15, 0.2) is 0 Å². The van der Waals surface area contributed by atoms with Crippen LogP contribution in [0.3, 0.4) is 0 Å². The molecule has 0 aliphatic heterocycles. The molecule has 0 aliphatic rings. The highest BCUT2D eigenvalue weighted by atomic mass is 35.5. The highest BCUT2D eigenvalue weighted by molar-refractivity contribution is 6.30. The van der Waals surface area contributed by atoms with Gasteiger partial charge < -0.3 is 10.6 Å². The smallest absolute Gasteiger partial charge is 0.253 e. The van der Waals surface area contributed by atoms with Crippen LogP contribution < -0.4 is 10.6 Å². The number of aromatic nitrogens is 2. The third-order valence-electron chi connectivity index (χ3n) is 3.62. The van der Waals surface area contributed by atoms with Crippen LogP contribution >= 0.6 is 11.6 Å². The van der Waals surface area contributed by atoms with Crippen molar-refractivity contribution in [2.75, 3.05) is 5.32 Å². The van der Waals surface area contributed by atoms with E-state index in [1.165, 1.54) is 6.20 Å². The second-order valence-electron chi connectivity index (χ2n) is 5.55. The lowest BCUT2D eigenvalue weighted by Crippen LogP contribution is -2.23.